The molecule has 84 valence electrons. The average Bonchev–Trinajstić information content (AvgIpc) is 2.16. The van der Waals surface area contributed by atoms with Gasteiger partial charge in [-0.05, 0) is 28.9 Å². The van der Waals surface area contributed by atoms with E-state index in [0.29, 0.717) is 17.6 Å². The Morgan fingerprint density at radius 3 is 2.07 bits per heavy atom. The number of benzene rings is 1. The van der Waals surface area contributed by atoms with E-state index < -0.39 is 0 Å². The van der Waals surface area contributed by atoms with Gasteiger partial charge >= 0.3 is 0 Å². The highest BCUT2D eigenvalue weighted by Crippen LogP contribution is 2.39. The van der Waals surface area contributed by atoms with Crippen molar-refractivity contribution in [1.82, 2.24) is 0 Å². The lowest BCUT2D eigenvalue weighted by Crippen LogP contribution is -2.30. The first-order chi connectivity index (χ1) is 6.87. The topological polar surface area (TPSA) is 20.2 Å². The van der Waals surface area contributed by atoms with Crippen molar-refractivity contribution in [2.45, 2.75) is 40.0 Å². The first-order valence-corrected chi connectivity index (χ1v) is 5.66. The van der Waals surface area contributed by atoms with Gasteiger partial charge in [-0.2, -0.15) is 0 Å². The van der Waals surface area contributed by atoms with Gasteiger partial charge in [0, 0.05) is 0 Å². The molecule has 0 spiro atoms. The van der Waals surface area contributed by atoms with Crippen LogP contribution in [0.1, 0.15) is 40.2 Å². The van der Waals surface area contributed by atoms with Crippen LogP contribution < -0.4 is 0 Å². The average molecular weight is 206 g/mol. The summed E-state index contributed by atoms with van der Waals surface area (Å²) in [5, 5.41) is 9.88. The summed E-state index contributed by atoms with van der Waals surface area (Å²) in [6, 6.07) is 7.65. The van der Waals surface area contributed by atoms with Crippen LogP contribution in [0.15, 0.2) is 24.3 Å². The van der Waals surface area contributed by atoms with Crippen molar-refractivity contribution in [3.63, 3.8) is 0 Å². The zero-order chi connectivity index (χ0) is 11.6. The van der Waals surface area contributed by atoms with E-state index in [0.717, 1.165) is 5.56 Å². The zero-order valence-electron chi connectivity index (χ0n) is 10.4. The lowest BCUT2D eigenvalue weighted by atomic mass is 9.69. The number of phenols is 1. The van der Waals surface area contributed by atoms with Crippen LogP contribution in [0, 0.1) is 11.8 Å². The molecule has 1 aromatic rings. The predicted molar refractivity (Wildman–Crippen MR) is 65.1 cm³/mol. The molecule has 0 saturated carbocycles. The summed E-state index contributed by atoms with van der Waals surface area (Å²) in [5.74, 6) is 1.56. The summed E-state index contributed by atoms with van der Waals surface area (Å²) in [7, 11) is 0. The Morgan fingerprint density at radius 2 is 1.60 bits per heavy atom. The highest BCUT2D eigenvalue weighted by atomic mass is 16.3. The highest BCUT2D eigenvalue weighted by Gasteiger charge is 2.31. The molecule has 0 bridgehead atoms. The van der Waals surface area contributed by atoms with Crippen LogP contribution in [0.5, 0.6) is 5.75 Å². The third-order valence-electron chi connectivity index (χ3n) is 3.74. The van der Waals surface area contributed by atoms with E-state index >= 15 is 0 Å². The molecular weight excluding hydrogens is 184 g/mol. The van der Waals surface area contributed by atoms with E-state index in [1.807, 2.05) is 18.2 Å². The fraction of sp³-hybridized carbons (Fsp3) is 0.571. The molecule has 1 N–H and O–H groups in total. The predicted octanol–water partition coefficient (Wildman–Crippen LogP) is 3.96. The van der Waals surface area contributed by atoms with Crippen LogP contribution in [0.25, 0.3) is 0 Å². The second-order valence-corrected chi connectivity index (χ2v) is 5.27. The first-order valence-electron chi connectivity index (χ1n) is 5.66. The van der Waals surface area contributed by atoms with Crippen molar-refractivity contribution in [3.8, 4) is 5.75 Å². The molecule has 0 heterocycles. The molecule has 0 saturated heterocycles. The van der Waals surface area contributed by atoms with E-state index in [4.69, 9.17) is 0 Å². The summed E-state index contributed by atoms with van der Waals surface area (Å²) in [4.78, 5) is 0. The largest absolute Gasteiger partial charge is 0.508 e. The molecule has 1 unspecified atom stereocenters. The van der Waals surface area contributed by atoms with Crippen LogP contribution in [-0.4, -0.2) is 5.11 Å². The minimum atomic E-state index is 0.0134. The van der Waals surface area contributed by atoms with E-state index in [9.17, 15) is 5.11 Å². The monoisotopic (exact) mass is 206 g/mol. The molecule has 1 aromatic carbocycles. The summed E-state index contributed by atoms with van der Waals surface area (Å²) >= 11 is 0. The van der Waals surface area contributed by atoms with E-state index in [-0.39, 0.29) is 5.41 Å². The Morgan fingerprint density at radius 1 is 1.07 bits per heavy atom. The molecule has 0 fully saturated rings. The summed E-state index contributed by atoms with van der Waals surface area (Å²) < 4.78 is 0. The maximum atomic E-state index is 9.88. The van der Waals surface area contributed by atoms with Crippen molar-refractivity contribution in [2.24, 2.45) is 11.8 Å². The lowest BCUT2D eigenvalue weighted by molar-refractivity contribution is 0.257. The molecule has 0 amide bonds. The second-order valence-electron chi connectivity index (χ2n) is 5.27. The number of para-hydroxylation sites is 1. The molecule has 0 aliphatic rings. The Labute approximate surface area is 93.1 Å². The smallest absolute Gasteiger partial charge is 0.119 e. The van der Waals surface area contributed by atoms with Gasteiger partial charge in [0.2, 0.25) is 0 Å². The van der Waals surface area contributed by atoms with Gasteiger partial charge in [-0.3, -0.25) is 0 Å². The Balaban J connectivity index is 3.11. The van der Waals surface area contributed by atoms with Crippen molar-refractivity contribution in [1.29, 1.82) is 0 Å². The molecule has 0 aliphatic carbocycles. The van der Waals surface area contributed by atoms with Gasteiger partial charge in [0.1, 0.15) is 5.75 Å². The molecule has 0 radical (unpaired) electrons. The Hall–Kier alpha value is -0.980. The van der Waals surface area contributed by atoms with Gasteiger partial charge < -0.3 is 5.11 Å². The maximum Gasteiger partial charge on any atom is 0.119 e. The molecule has 0 aromatic heterocycles. The van der Waals surface area contributed by atoms with Crippen molar-refractivity contribution in [2.75, 3.05) is 0 Å². The molecular formula is C14H22O. The van der Waals surface area contributed by atoms with Gasteiger partial charge in [0.05, 0.1) is 0 Å². The normalized spacial score (nSPS) is 14.3. The Bertz CT molecular complexity index is 326. The van der Waals surface area contributed by atoms with Gasteiger partial charge in [-0.25, -0.2) is 0 Å². The second kappa shape index (κ2) is 4.26. The summed E-state index contributed by atoms with van der Waals surface area (Å²) in [5.41, 5.74) is 1.06. The fourth-order valence-corrected chi connectivity index (χ4v) is 2.10. The van der Waals surface area contributed by atoms with Gasteiger partial charge in [0.15, 0.2) is 0 Å². The number of phenolic OH excluding ortho intramolecular Hbond substituents is 1. The fourth-order valence-electron chi connectivity index (χ4n) is 2.10. The number of aromatic hydroxyl groups is 1. The molecule has 1 nitrogen and oxygen atoms in total. The standard InChI is InChI=1S/C14H22O/c1-10(2)11(3)14(4,5)12-8-6-7-9-13(12)15/h6-11,15H,1-5H3. The van der Waals surface area contributed by atoms with E-state index in [1.54, 1.807) is 6.07 Å². The summed E-state index contributed by atoms with van der Waals surface area (Å²) in [6.07, 6.45) is 0. The van der Waals surface area contributed by atoms with Crippen LogP contribution in [0.3, 0.4) is 0 Å². The minimum Gasteiger partial charge on any atom is -0.508 e. The van der Waals surface area contributed by atoms with E-state index in [1.165, 1.54) is 0 Å². The molecule has 1 atom stereocenters. The molecule has 15 heavy (non-hydrogen) atoms. The maximum absolute atomic E-state index is 9.88. The van der Waals surface area contributed by atoms with Crippen LogP contribution in [-0.2, 0) is 5.41 Å². The van der Waals surface area contributed by atoms with Gasteiger partial charge in [-0.15, -0.1) is 0 Å². The van der Waals surface area contributed by atoms with E-state index in [2.05, 4.69) is 34.6 Å². The van der Waals surface area contributed by atoms with Crippen molar-refractivity contribution >= 4 is 0 Å². The number of hydrogen-bond donors (Lipinski definition) is 1. The minimum absolute atomic E-state index is 0.0134. The summed E-state index contributed by atoms with van der Waals surface area (Å²) in [6.45, 7) is 11.1. The van der Waals surface area contributed by atoms with Crippen LogP contribution >= 0.6 is 0 Å². The van der Waals surface area contributed by atoms with Gasteiger partial charge in [0.25, 0.3) is 0 Å². The molecule has 1 rings (SSSR count). The number of hydrogen-bond acceptors (Lipinski definition) is 1. The van der Waals surface area contributed by atoms with Crippen molar-refractivity contribution in [3.05, 3.63) is 29.8 Å². The number of rotatable bonds is 3. The molecule has 1 heteroatoms. The quantitative estimate of drug-likeness (QED) is 0.793. The van der Waals surface area contributed by atoms with Crippen LogP contribution in [0.2, 0.25) is 0 Å². The van der Waals surface area contributed by atoms with Crippen molar-refractivity contribution < 1.29 is 5.11 Å². The third-order valence-corrected chi connectivity index (χ3v) is 3.74. The zero-order valence-corrected chi connectivity index (χ0v) is 10.4. The lowest BCUT2D eigenvalue weighted by Gasteiger charge is -2.35. The highest BCUT2D eigenvalue weighted by molar-refractivity contribution is 5.38. The van der Waals surface area contributed by atoms with Gasteiger partial charge in [-0.1, -0.05) is 52.8 Å². The first kappa shape index (κ1) is 12.1. The molecule has 0 aliphatic heterocycles. The van der Waals surface area contributed by atoms with Crippen LogP contribution in [0.4, 0.5) is 0 Å². The SMILES string of the molecule is CC(C)C(C)C(C)(C)c1ccccc1O. The Kier molecular flexibility index (Phi) is 3.43. The third kappa shape index (κ3) is 2.34.